The van der Waals surface area contributed by atoms with Crippen molar-refractivity contribution in [2.24, 2.45) is 0 Å². The van der Waals surface area contributed by atoms with Gasteiger partial charge in [0, 0.05) is 13.1 Å². The van der Waals surface area contributed by atoms with E-state index in [0.29, 0.717) is 23.7 Å². The van der Waals surface area contributed by atoms with Gasteiger partial charge in [0.25, 0.3) is 0 Å². The lowest BCUT2D eigenvalue weighted by Gasteiger charge is -2.34. The third-order valence-corrected chi connectivity index (χ3v) is 5.92. The molecule has 2 rings (SSSR count). The van der Waals surface area contributed by atoms with Crippen molar-refractivity contribution in [3.63, 3.8) is 0 Å². The third-order valence-electron chi connectivity index (χ3n) is 3.22. The van der Waals surface area contributed by atoms with Gasteiger partial charge in [-0.3, -0.25) is 0 Å². The average Bonchev–Trinajstić information content (AvgIpc) is 2.32. The molecule has 2 atom stereocenters. The van der Waals surface area contributed by atoms with Crippen LogP contribution in [-0.4, -0.2) is 38.0 Å². The van der Waals surface area contributed by atoms with Crippen molar-refractivity contribution in [1.29, 1.82) is 0 Å². The van der Waals surface area contributed by atoms with Crippen molar-refractivity contribution >= 4 is 33.2 Å². The number of hydrogen-bond donors (Lipinski definition) is 0. The second-order valence-electron chi connectivity index (χ2n) is 5.11. The molecular weight excluding hydrogens is 321 g/mol. The van der Waals surface area contributed by atoms with Crippen molar-refractivity contribution < 1.29 is 13.2 Å². The normalized spacial score (nSPS) is 24.9. The molecule has 0 aromatic heterocycles. The molecule has 0 radical (unpaired) electrons. The van der Waals surface area contributed by atoms with Crippen LogP contribution < -0.4 is 0 Å². The van der Waals surface area contributed by atoms with Gasteiger partial charge in [-0.05, 0) is 38.5 Å². The molecular formula is C13H17Cl2NO3S. The number of rotatable bonds is 2. The van der Waals surface area contributed by atoms with Gasteiger partial charge in [-0.15, -0.1) is 0 Å². The number of morpholine rings is 1. The number of halogens is 2. The van der Waals surface area contributed by atoms with Gasteiger partial charge in [0.1, 0.15) is 0 Å². The van der Waals surface area contributed by atoms with Crippen LogP contribution in [0.4, 0.5) is 0 Å². The number of sulfonamides is 1. The predicted octanol–water partition coefficient (Wildman–Crippen LogP) is 3.10. The summed E-state index contributed by atoms with van der Waals surface area (Å²) in [6.45, 7) is 6.11. The van der Waals surface area contributed by atoms with Crippen molar-refractivity contribution in [3.05, 3.63) is 27.7 Å². The maximum absolute atomic E-state index is 12.7. The minimum atomic E-state index is -3.59. The van der Waals surface area contributed by atoms with Gasteiger partial charge >= 0.3 is 0 Å². The Morgan fingerprint density at radius 1 is 1.15 bits per heavy atom. The van der Waals surface area contributed by atoms with Gasteiger partial charge in [0.15, 0.2) is 0 Å². The van der Waals surface area contributed by atoms with Gasteiger partial charge in [0.2, 0.25) is 10.0 Å². The maximum atomic E-state index is 12.7. The monoisotopic (exact) mass is 337 g/mol. The molecule has 0 saturated carbocycles. The van der Waals surface area contributed by atoms with E-state index in [1.54, 1.807) is 13.0 Å². The first kappa shape index (κ1) is 16.0. The van der Waals surface area contributed by atoms with Crippen molar-refractivity contribution in [3.8, 4) is 0 Å². The Balaban J connectivity index is 2.42. The van der Waals surface area contributed by atoms with Crippen LogP contribution >= 0.6 is 23.2 Å². The lowest BCUT2D eigenvalue weighted by Crippen LogP contribution is -2.48. The lowest BCUT2D eigenvalue weighted by molar-refractivity contribution is -0.0440. The zero-order valence-corrected chi connectivity index (χ0v) is 13.9. The van der Waals surface area contributed by atoms with E-state index in [9.17, 15) is 8.42 Å². The fourth-order valence-electron chi connectivity index (χ4n) is 2.37. The molecule has 0 N–H and O–H groups in total. The molecule has 2 unspecified atom stereocenters. The highest BCUT2D eigenvalue weighted by molar-refractivity contribution is 7.89. The molecule has 1 aliphatic rings. The number of aryl methyl sites for hydroxylation is 1. The molecule has 112 valence electrons. The minimum absolute atomic E-state index is 0.128. The topological polar surface area (TPSA) is 46.6 Å². The highest BCUT2D eigenvalue weighted by atomic mass is 35.5. The summed E-state index contributed by atoms with van der Waals surface area (Å²) >= 11 is 11.9. The minimum Gasteiger partial charge on any atom is -0.373 e. The fraction of sp³-hybridized carbons (Fsp3) is 0.538. The van der Waals surface area contributed by atoms with E-state index in [1.165, 1.54) is 10.4 Å². The Morgan fingerprint density at radius 3 is 2.20 bits per heavy atom. The Morgan fingerprint density at radius 2 is 1.65 bits per heavy atom. The molecule has 20 heavy (non-hydrogen) atoms. The van der Waals surface area contributed by atoms with Crippen LogP contribution in [0.3, 0.4) is 0 Å². The first-order chi connectivity index (χ1) is 9.21. The van der Waals surface area contributed by atoms with Crippen LogP contribution in [0.2, 0.25) is 10.0 Å². The summed E-state index contributed by atoms with van der Waals surface area (Å²) in [7, 11) is -3.59. The predicted molar refractivity (Wildman–Crippen MR) is 80.0 cm³/mol. The van der Waals surface area contributed by atoms with E-state index in [0.717, 1.165) is 0 Å². The second-order valence-corrected chi connectivity index (χ2v) is 7.83. The molecule has 1 aliphatic heterocycles. The van der Waals surface area contributed by atoms with E-state index in [4.69, 9.17) is 27.9 Å². The zero-order chi connectivity index (χ0) is 15.1. The van der Waals surface area contributed by atoms with Gasteiger partial charge in [0.05, 0.1) is 27.1 Å². The van der Waals surface area contributed by atoms with Gasteiger partial charge in [-0.25, -0.2) is 8.42 Å². The molecule has 7 heteroatoms. The average molecular weight is 338 g/mol. The van der Waals surface area contributed by atoms with Crippen molar-refractivity contribution in [1.82, 2.24) is 4.31 Å². The fourth-order valence-corrected chi connectivity index (χ4v) is 4.64. The largest absolute Gasteiger partial charge is 0.373 e. The first-order valence-corrected chi connectivity index (χ1v) is 8.52. The second kappa shape index (κ2) is 5.81. The molecule has 4 nitrogen and oxygen atoms in total. The first-order valence-electron chi connectivity index (χ1n) is 6.33. The molecule has 1 heterocycles. The SMILES string of the molecule is Cc1cc(Cl)c(Cl)cc1S(=O)(=O)N1CC(C)OC(C)C1. The summed E-state index contributed by atoms with van der Waals surface area (Å²) < 4.78 is 32.5. The maximum Gasteiger partial charge on any atom is 0.243 e. The summed E-state index contributed by atoms with van der Waals surface area (Å²) in [4.78, 5) is 0.202. The summed E-state index contributed by atoms with van der Waals surface area (Å²) in [5.74, 6) is 0. The molecule has 0 spiro atoms. The van der Waals surface area contributed by atoms with E-state index < -0.39 is 10.0 Å². The number of hydrogen-bond acceptors (Lipinski definition) is 3. The molecule has 1 saturated heterocycles. The Hall–Kier alpha value is -0.330. The number of ether oxygens (including phenoxy) is 1. The standard InChI is InChI=1S/C13H17Cl2NO3S/c1-8-4-11(14)12(15)5-13(8)20(17,18)16-6-9(2)19-10(3)7-16/h4-5,9-10H,6-7H2,1-3H3. The smallest absolute Gasteiger partial charge is 0.243 e. The molecule has 0 bridgehead atoms. The summed E-state index contributed by atoms with van der Waals surface area (Å²) in [5, 5.41) is 0.594. The third kappa shape index (κ3) is 3.12. The lowest BCUT2D eigenvalue weighted by atomic mass is 10.2. The van der Waals surface area contributed by atoms with Crippen LogP contribution in [0.25, 0.3) is 0 Å². The van der Waals surface area contributed by atoms with E-state index in [-0.39, 0.29) is 22.1 Å². The van der Waals surface area contributed by atoms with Crippen LogP contribution in [0, 0.1) is 6.92 Å². The molecule has 1 fully saturated rings. The van der Waals surface area contributed by atoms with Crippen LogP contribution in [-0.2, 0) is 14.8 Å². The van der Waals surface area contributed by atoms with Crippen LogP contribution in [0.15, 0.2) is 17.0 Å². The Kier molecular flexibility index (Phi) is 4.66. The van der Waals surface area contributed by atoms with Gasteiger partial charge in [-0.1, -0.05) is 23.2 Å². The van der Waals surface area contributed by atoms with Gasteiger partial charge < -0.3 is 4.74 Å². The summed E-state index contributed by atoms with van der Waals surface area (Å²) in [6.07, 6.45) is -0.256. The van der Waals surface area contributed by atoms with Crippen LogP contribution in [0.5, 0.6) is 0 Å². The number of benzene rings is 1. The van der Waals surface area contributed by atoms with E-state index in [1.807, 2.05) is 13.8 Å². The molecule has 1 aromatic carbocycles. The molecule has 1 aromatic rings. The number of nitrogens with zero attached hydrogens (tertiary/aromatic N) is 1. The Bertz CT molecular complexity index is 608. The van der Waals surface area contributed by atoms with E-state index >= 15 is 0 Å². The highest BCUT2D eigenvalue weighted by Gasteiger charge is 2.33. The summed E-state index contributed by atoms with van der Waals surface area (Å²) in [5.41, 5.74) is 0.589. The molecule has 0 aliphatic carbocycles. The Labute approximate surface area is 129 Å². The van der Waals surface area contributed by atoms with Crippen LogP contribution in [0.1, 0.15) is 19.4 Å². The van der Waals surface area contributed by atoms with Crippen molar-refractivity contribution in [2.45, 2.75) is 37.9 Å². The van der Waals surface area contributed by atoms with Gasteiger partial charge in [-0.2, -0.15) is 4.31 Å². The highest BCUT2D eigenvalue weighted by Crippen LogP contribution is 2.30. The molecule has 0 amide bonds. The van der Waals surface area contributed by atoms with E-state index in [2.05, 4.69) is 0 Å². The zero-order valence-electron chi connectivity index (χ0n) is 11.6. The quantitative estimate of drug-likeness (QED) is 0.832. The summed E-state index contributed by atoms with van der Waals surface area (Å²) in [6, 6.07) is 2.99. The van der Waals surface area contributed by atoms with Crippen molar-refractivity contribution in [2.75, 3.05) is 13.1 Å².